The molecule has 0 spiro atoms. The van der Waals surface area contributed by atoms with Gasteiger partial charge >= 0.3 is 0 Å². The molecule has 1 aliphatic carbocycles. The molecule has 4 rings (SSSR count). The van der Waals surface area contributed by atoms with E-state index in [0.717, 1.165) is 41.0 Å². The molecule has 30 heavy (non-hydrogen) atoms. The van der Waals surface area contributed by atoms with E-state index in [4.69, 9.17) is 4.42 Å². The normalized spacial score (nSPS) is 19.2. The van der Waals surface area contributed by atoms with Crippen molar-refractivity contribution in [3.8, 4) is 0 Å². The fourth-order valence-electron chi connectivity index (χ4n) is 4.40. The largest absolute Gasteiger partial charge is 0.416 e. The standard InChI is InChI=1S/C25H30N2O2S/c1-2-3-4-7-18-10-12-20(13-11-18)24-26-27-25(29-24)30-17-23(28)22-15-14-19-8-5-6-9-21(19)16-22/h5-6,8-9,14-16,18,20H,2-4,7,10-13,17H2,1H3. The Morgan fingerprint density at radius 1 is 1.03 bits per heavy atom. The lowest BCUT2D eigenvalue weighted by atomic mass is 9.80. The van der Waals surface area contributed by atoms with Crippen LogP contribution < -0.4 is 0 Å². The van der Waals surface area contributed by atoms with Crippen LogP contribution in [-0.4, -0.2) is 21.7 Å². The number of carbonyl (C=O) groups is 1. The van der Waals surface area contributed by atoms with Crippen molar-refractivity contribution >= 4 is 28.3 Å². The number of hydrogen-bond acceptors (Lipinski definition) is 5. The lowest BCUT2D eigenvalue weighted by Crippen LogP contribution is -2.13. The molecule has 1 fully saturated rings. The minimum Gasteiger partial charge on any atom is -0.416 e. The Balaban J connectivity index is 1.28. The van der Waals surface area contributed by atoms with E-state index in [1.165, 1.54) is 50.3 Å². The highest BCUT2D eigenvalue weighted by atomic mass is 32.2. The summed E-state index contributed by atoms with van der Waals surface area (Å²) < 4.78 is 5.90. The number of benzene rings is 2. The first-order chi connectivity index (χ1) is 14.7. The van der Waals surface area contributed by atoms with Gasteiger partial charge in [0, 0.05) is 11.5 Å². The van der Waals surface area contributed by atoms with Crippen molar-refractivity contribution in [1.82, 2.24) is 10.2 Å². The summed E-state index contributed by atoms with van der Waals surface area (Å²) in [5.74, 6) is 2.39. The third kappa shape index (κ3) is 5.31. The lowest BCUT2D eigenvalue weighted by molar-refractivity contribution is 0.102. The van der Waals surface area contributed by atoms with Crippen molar-refractivity contribution in [3.63, 3.8) is 0 Å². The Kier molecular flexibility index (Phi) is 7.21. The molecular weight excluding hydrogens is 392 g/mol. The summed E-state index contributed by atoms with van der Waals surface area (Å²) in [5.41, 5.74) is 0.724. The first kappa shape index (κ1) is 21.1. The molecule has 5 heteroatoms. The third-order valence-corrected chi connectivity index (χ3v) is 7.05. The molecule has 2 aromatic carbocycles. The second kappa shape index (κ2) is 10.3. The van der Waals surface area contributed by atoms with Gasteiger partial charge in [-0.05, 0) is 48.4 Å². The maximum absolute atomic E-state index is 12.6. The van der Waals surface area contributed by atoms with Crippen LogP contribution in [0.4, 0.5) is 0 Å². The topological polar surface area (TPSA) is 56.0 Å². The minimum absolute atomic E-state index is 0.0816. The first-order valence-corrected chi connectivity index (χ1v) is 12.2. The fourth-order valence-corrected chi connectivity index (χ4v) is 5.06. The minimum atomic E-state index is 0.0816. The molecule has 1 heterocycles. The molecule has 3 aromatic rings. The second-order valence-corrected chi connectivity index (χ2v) is 9.32. The van der Waals surface area contributed by atoms with Gasteiger partial charge in [0.1, 0.15) is 0 Å². The maximum Gasteiger partial charge on any atom is 0.277 e. The monoisotopic (exact) mass is 422 g/mol. The van der Waals surface area contributed by atoms with Gasteiger partial charge in [-0.15, -0.1) is 10.2 Å². The molecular formula is C25H30N2O2S. The van der Waals surface area contributed by atoms with Gasteiger partial charge in [-0.3, -0.25) is 4.79 Å². The van der Waals surface area contributed by atoms with Crippen LogP contribution in [0.3, 0.4) is 0 Å². The Morgan fingerprint density at radius 2 is 1.83 bits per heavy atom. The van der Waals surface area contributed by atoms with E-state index < -0.39 is 0 Å². The number of hydrogen-bond donors (Lipinski definition) is 0. The number of thioether (sulfide) groups is 1. The highest BCUT2D eigenvalue weighted by Gasteiger charge is 2.26. The van der Waals surface area contributed by atoms with Crippen LogP contribution in [0.15, 0.2) is 52.1 Å². The van der Waals surface area contributed by atoms with Gasteiger partial charge in [-0.25, -0.2) is 0 Å². The molecule has 0 radical (unpaired) electrons. The summed E-state index contributed by atoms with van der Waals surface area (Å²) in [6.45, 7) is 2.26. The van der Waals surface area contributed by atoms with Crippen molar-refractivity contribution in [1.29, 1.82) is 0 Å². The van der Waals surface area contributed by atoms with E-state index >= 15 is 0 Å². The molecule has 0 unspecified atom stereocenters. The number of aromatic nitrogens is 2. The molecule has 1 saturated carbocycles. The molecule has 0 saturated heterocycles. The van der Waals surface area contributed by atoms with E-state index in [-0.39, 0.29) is 5.78 Å². The average molecular weight is 423 g/mol. The molecule has 158 valence electrons. The Bertz CT molecular complexity index is 976. The number of ketones is 1. The van der Waals surface area contributed by atoms with Gasteiger partial charge < -0.3 is 4.42 Å². The lowest BCUT2D eigenvalue weighted by Gasteiger charge is -2.26. The highest BCUT2D eigenvalue weighted by molar-refractivity contribution is 7.99. The summed E-state index contributed by atoms with van der Waals surface area (Å²) in [4.78, 5) is 12.6. The average Bonchev–Trinajstić information content (AvgIpc) is 3.27. The molecule has 1 aliphatic rings. The second-order valence-electron chi connectivity index (χ2n) is 8.39. The van der Waals surface area contributed by atoms with Crippen LogP contribution in [0.5, 0.6) is 0 Å². The number of fused-ring (bicyclic) bond motifs is 1. The predicted molar refractivity (Wildman–Crippen MR) is 122 cm³/mol. The molecule has 1 aromatic heterocycles. The molecule has 0 bridgehead atoms. The summed E-state index contributed by atoms with van der Waals surface area (Å²) in [6.07, 6.45) is 10.2. The zero-order chi connectivity index (χ0) is 20.8. The Hall–Kier alpha value is -2.14. The molecule has 0 aliphatic heterocycles. The number of rotatable bonds is 9. The number of nitrogens with zero attached hydrogens (tertiary/aromatic N) is 2. The van der Waals surface area contributed by atoms with Gasteiger partial charge in [-0.1, -0.05) is 80.8 Å². The maximum atomic E-state index is 12.6. The smallest absolute Gasteiger partial charge is 0.277 e. The third-order valence-electron chi connectivity index (χ3n) is 6.23. The van der Waals surface area contributed by atoms with E-state index in [2.05, 4.69) is 23.2 Å². The number of Topliss-reactive ketones (excluding diaryl/α,β-unsaturated/α-hetero) is 1. The van der Waals surface area contributed by atoms with Crippen molar-refractivity contribution in [2.75, 3.05) is 5.75 Å². The number of carbonyl (C=O) groups excluding carboxylic acids is 1. The molecule has 0 atom stereocenters. The van der Waals surface area contributed by atoms with Crippen molar-refractivity contribution in [2.24, 2.45) is 5.92 Å². The van der Waals surface area contributed by atoms with Gasteiger partial charge in [0.15, 0.2) is 5.78 Å². The van der Waals surface area contributed by atoms with Gasteiger partial charge in [0.2, 0.25) is 5.89 Å². The summed E-state index contributed by atoms with van der Waals surface area (Å²) >= 11 is 1.34. The van der Waals surface area contributed by atoms with Crippen LogP contribution in [0.2, 0.25) is 0 Å². The van der Waals surface area contributed by atoms with Gasteiger partial charge in [0.05, 0.1) is 5.75 Å². The SMILES string of the molecule is CCCCCC1CCC(c2nnc(SCC(=O)c3ccc4ccccc4c3)o2)CC1. The van der Waals surface area contributed by atoms with E-state index in [1.54, 1.807) is 0 Å². The number of unbranched alkanes of at least 4 members (excludes halogenated alkanes) is 2. The van der Waals surface area contributed by atoms with Crippen LogP contribution in [-0.2, 0) is 0 Å². The first-order valence-electron chi connectivity index (χ1n) is 11.2. The Labute approximate surface area is 182 Å². The van der Waals surface area contributed by atoms with Crippen molar-refractivity contribution in [3.05, 3.63) is 53.9 Å². The molecule has 4 nitrogen and oxygen atoms in total. The van der Waals surface area contributed by atoms with Crippen LogP contribution in [0.1, 0.15) is 80.5 Å². The fraction of sp³-hybridized carbons (Fsp3) is 0.480. The van der Waals surface area contributed by atoms with Crippen molar-refractivity contribution in [2.45, 2.75) is 69.4 Å². The Morgan fingerprint density at radius 3 is 2.63 bits per heavy atom. The highest BCUT2D eigenvalue weighted by Crippen LogP contribution is 2.37. The van der Waals surface area contributed by atoms with E-state index in [9.17, 15) is 4.79 Å². The van der Waals surface area contributed by atoms with Gasteiger partial charge in [-0.2, -0.15) is 0 Å². The van der Waals surface area contributed by atoms with Crippen LogP contribution in [0, 0.1) is 5.92 Å². The molecule has 0 amide bonds. The van der Waals surface area contributed by atoms with Gasteiger partial charge in [0.25, 0.3) is 5.22 Å². The van der Waals surface area contributed by atoms with Crippen molar-refractivity contribution < 1.29 is 9.21 Å². The zero-order valence-corrected chi connectivity index (χ0v) is 18.5. The summed E-state index contributed by atoms with van der Waals surface area (Å²) in [6, 6.07) is 13.9. The summed E-state index contributed by atoms with van der Waals surface area (Å²) in [5, 5.41) is 11.2. The van der Waals surface area contributed by atoms with Crippen LogP contribution >= 0.6 is 11.8 Å². The quantitative estimate of drug-likeness (QED) is 0.210. The predicted octanol–water partition coefficient (Wildman–Crippen LogP) is 7.05. The van der Waals surface area contributed by atoms with E-state index in [1.807, 2.05) is 36.4 Å². The van der Waals surface area contributed by atoms with Crippen LogP contribution in [0.25, 0.3) is 10.8 Å². The molecule has 0 N–H and O–H groups in total. The summed E-state index contributed by atoms with van der Waals surface area (Å²) in [7, 11) is 0. The van der Waals surface area contributed by atoms with E-state index in [0.29, 0.717) is 16.9 Å². The zero-order valence-electron chi connectivity index (χ0n) is 17.7.